The Bertz CT molecular complexity index is 773. The summed E-state index contributed by atoms with van der Waals surface area (Å²) < 4.78 is 11.7. The molecular formula is C18H17BrN2O3. The van der Waals surface area contributed by atoms with Crippen LogP contribution in [0.1, 0.15) is 10.4 Å². The Morgan fingerprint density at radius 2 is 1.75 bits per heavy atom. The van der Waals surface area contributed by atoms with Gasteiger partial charge in [-0.1, -0.05) is 22.0 Å². The largest absolute Gasteiger partial charge is 0.454 e. The quantitative estimate of drug-likeness (QED) is 0.792. The number of hydrogen-bond acceptors (Lipinski definition) is 4. The lowest BCUT2D eigenvalue weighted by atomic mass is 10.1. The van der Waals surface area contributed by atoms with Crippen molar-refractivity contribution in [3.8, 4) is 11.5 Å². The number of nitrogens with zero attached hydrogens (tertiary/aromatic N) is 2. The third kappa shape index (κ3) is 2.94. The Hall–Kier alpha value is -2.21. The van der Waals surface area contributed by atoms with Crippen LogP contribution in [0.5, 0.6) is 11.5 Å². The summed E-state index contributed by atoms with van der Waals surface area (Å²) >= 11 is 3.51. The number of anilines is 1. The summed E-state index contributed by atoms with van der Waals surface area (Å²) in [6.07, 6.45) is 0. The number of rotatable bonds is 2. The van der Waals surface area contributed by atoms with Crippen LogP contribution in [0.2, 0.25) is 0 Å². The number of benzene rings is 2. The molecule has 0 atom stereocenters. The van der Waals surface area contributed by atoms with Gasteiger partial charge in [0.05, 0.1) is 0 Å². The van der Waals surface area contributed by atoms with Crippen molar-refractivity contribution in [2.45, 2.75) is 0 Å². The van der Waals surface area contributed by atoms with Gasteiger partial charge in [-0.05, 0) is 36.4 Å². The number of piperazine rings is 1. The standard InChI is InChI=1S/C18H17BrN2O3/c19-14-2-1-3-15(11-14)20-6-8-21(9-7-20)18(22)13-4-5-16-17(10-13)24-12-23-16/h1-5,10-11H,6-9,12H2. The van der Waals surface area contributed by atoms with Gasteiger partial charge in [-0.3, -0.25) is 4.79 Å². The van der Waals surface area contributed by atoms with Crippen LogP contribution in [-0.2, 0) is 0 Å². The maximum atomic E-state index is 12.7. The minimum atomic E-state index is 0.0437. The number of hydrogen-bond donors (Lipinski definition) is 0. The van der Waals surface area contributed by atoms with Crippen molar-refractivity contribution < 1.29 is 14.3 Å². The second-order valence-corrected chi connectivity index (χ2v) is 6.74. The maximum absolute atomic E-state index is 12.7. The fourth-order valence-corrected chi connectivity index (χ4v) is 3.44. The van der Waals surface area contributed by atoms with Gasteiger partial charge in [0.2, 0.25) is 6.79 Å². The van der Waals surface area contributed by atoms with E-state index < -0.39 is 0 Å². The molecule has 1 fully saturated rings. The molecule has 2 aliphatic rings. The van der Waals surface area contributed by atoms with Crippen LogP contribution in [-0.4, -0.2) is 43.8 Å². The molecule has 2 aliphatic heterocycles. The summed E-state index contributed by atoms with van der Waals surface area (Å²) in [5.41, 5.74) is 1.83. The van der Waals surface area contributed by atoms with Gasteiger partial charge in [0.1, 0.15) is 0 Å². The molecule has 0 aliphatic carbocycles. The zero-order chi connectivity index (χ0) is 16.5. The molecule has 0 bridgehead atoms. The number of ether oxygens (including phenoxy) is 2. The summed E-state index contributed by atoms with van der Waals surface area (Å²) in [6, 6.07) is 13.6. The first-order chi connectivity index (χ1) is 11.7. The molecule has 24 heavy (non-hydrogen) atoms. The highest BCUT2D eigenvalue weighted by Crippen LogP contribution is 2.33. The minimum absolute atomic E-state index is 0.0437. The molecule has 124 valence electrons. The highest BCUT2D eigenvalue weighted by atomic mass is 79.9. The maximum Gasteiger partial charge on any atom is 0.254 e. The van der Waals surface area contributed by atoms with E-state index in [1.54, 1.807) is 18.2 Å². The molecule has 1 amide bonds. The molecule has 0 unspecified atom stereocenters. The minimum Gasteiger partial charge on any atom is -0.454 e. The van der Waals surface area contributed by atoms with Crippen molar-refractivity contribution in [1.29, 1.82) is 0 Å². The molecule has 0 spiro atoms. The molecule has 2 aromatic carbocycles. The Balaban J connectivity index is 1.43. The number of halogens is 1. The van der Waals surface area contributed by atoms with Crippen LogP contribution < -0.4 is 14.4 Å². The van der Waals surface area contributed by atoms with Crippen molar-refractivity contribution in [3.05, 3.63) is 52.5 Å². The normalized spacial score (nSPS) is 16.4. The molecule has 2 heterocycles. The van der Waals surface area contributed by atoms with Gasteiger partial charge in [0.25, 0.3) is 5.91 Å². The zero-order valence-corrected chi connectivity index (χ0v) is 14.7. The van der Waals surface area contributed by atoms with E-state index in [2.05, 4.69) is 33.0 Å². The number of carbonyl (C=O) groups is 1. The van der Waals surface area contributed by atoms with Crippen LogP contribution in [0, 0.1) is 0 Å². The van der Waals surface area contributed by atoms with Gasteiger partial charge in [0, 0.05) is 41.9 Å². The fourth-order valence-electron chi connectivity index (χ4n) is 3.05. The van der Waals surface area contributed by atoms with Gasteiger partial charge in [-0.15, -0.1) is 0 Å². The lowest BCUT2D eigenvalue weighted by molar-refractivity contribution is 0.0746. The Morgan fingerprint density at radius 1 is 0.958 bits per heavy atom. The summed E-state index contributed by atoms with van der Waals surface area (Å²) in [6.45, 7) is 3.29. The van der Waals surface area contributed by atoms with Crippen molar-refractivity contribution in [3.63, 3.8) is 0 Å². The van der Waals surface area contributed by atoms with Gasteiger partial charge in [0.15, 0.2) is 11.5 Å². The van der Waals surface area contributed by atoms with Crippen LogP contribution in [0.3, 0.4) is 0 Å². The van der Waals surface area contributed by atoms with Gasteiger partial charge >= 0.3 is 0 Å². The second kappa shape index (κ2) is 6.36. The second-order valence-electron chi connectivity index (χ2n) is 5.83. The topological polar surface area (TPSA) is 42.0 Å². The third-order valence-corrected chi connectivity index (χ3v) is 4.85. The van der Waals surface area contributed by atoms with Gasteiger partial charge in [-0.25, -0.2) is 0 Å². The molecule has 0 aromatic heterocycles. The fraction of sp³-hybridized carbons (Fsp3) is 0.278. The summed E-state index contributed by atoms with van der Waals surface area (Å²) in [4.78, 5) is 16.9. The Labute approximate surface area is 148 Å². The predicted octanol–water partition coefficient (Wildman–Crippen LogP) is 3.14. The third-order valence-electron chi connectivity index (χ3n) is 4.36. The number of amides is 1. The van der Waals surface area contributed by atoms with E-state index in [0.29, 0.717) is 30.2 Å². The molecule has 0 radical (unpaired) electrons. The van der Waals surface area contributed by atoms with Crippen molar-refractivity contribution in [2.75, 3.05) is 37.9 Å². The van der Waals surface area contributed by atoms with E-state index in [4.69, 9.17) is 9.47 Å². The van der Waals surface area contributed by atoms with Crippen molar-refractivity contribution >= 4 is 27.5 Å². The van der Waals surface area contributed by atoms with E-state index in [0.717, 1.165) is 17.6 Å². The lowest BCUT2D eigenvalue weighted by Gasteiger charge is -2.36. The first-order valence-electron chi connectivity index (χ1n) is 7.90. The number of carbonyl (C=O) groups excluding carboxylic acids is 1. The van der Waals surface area contributed by atoms with E-state index in [1.807, 2.05) is 17.0 Å². The smallest absolute Gasteiger partial charge is 0.254 e. The molecule has 6 heteroatoms. The molecular weight excluding hydrogens is 372 g/mol. The molecule has 1 saturated heterocycles. The van der Waals surface area contributed by atoms with Crippen LogP contribution >= 0.6 is 15.9 Å². The molecule has 2 aromatic rings. The number of fused-ring (bicyclic) bond motifs is 1. The SMILES string of the molecule is O=C(c1ccc2c(c1)OCO2)N1CCN(c2cccc(Br)c2)CC1. The van der Waals surface area contributed by atoms with Crippen LogP contribution in [0.15, 0.2) is 46.9 Å². The highest BCUT2D eigenvalue weighted by Gasteiger charge is 2.24. The van der Waals surface area contributed by atoms with Gasteiger partial charge < -0.3 is 19.3 Å². The summed E-state index contributed by atoms with van der Waals surface area (Å²) in [5, 5.41) is 0. The van der Waals surface area contributed by atoms with E-state index in [-0.39, 0.29) is 12.7 Å². The van der Waals surface area contributed by atoms with Gasteiger partial charge in [-0.2, -0.15) is 0 Å². The summed E-state index contributed by atoms with van der Waals surface area (Å²) in [5.74, 6) is 1.39. The van der Waals surface area contributed by atoms with Crippen molar-refractivity contribution in [2.24, 2.45) is 0 Å². The monoisotopic (exact) mass is 388 g/mol. The molecule has 0 saturated carbocycles. The first-order valence-corrected chi connectivity index (χ1v) is 8.69. The lowest BCUT2D eigenvalue weighted by Crippen LogP contribution is -2.48. The highest BCUT2D eigenvalue weighted by molar-refractivity contribution is 9.10. The zero-order valence-electron chi connectivity index (χ0n) is 13.1. The predicted molar refractivity (Wildman–Crippen MR) is 94.8 cm³/mol. The molecule has 4 rings (SSSR count). The van der Waals surface area contributed by atoms with Crippen molar-refractivity contribution in [1.82, 2.24) is 4.90 Å². The van der Waals surface area contributed by atoms with Crippen LogP contribution in [0.25, 0.3) is 0 Å². The van der Waals surface area contributed by atoms with E-state index in [9.17, 15) is 4.79 Å². The average molecular weight is 389 g/mol. The van der Waals surface area contributed by atoms with E-state index in [1.165, 1.54) is 5.69 Å². The first kappa shape index (κ1) is 15.3. The Morgan fingerprint density at radius 3 is 2.54 bits per heavy atom. The Kier molecular flexibility index (Phi) is 4.06. The van der Waals surface area contributed by atoms with E-state index >= 15 is 0 Å². The van der Waals surface area contributed by atoms with Crippen LogP contribution in [0.4, 0.5) is 5.69 Å². The average Bonchev–Trinajstić information content (AvgIpc) is 3.09. The molecule has 0 N–H and O–H groups in total. The molecule has 5 nitrogen and oxygen atoms in total. The summed E-state index contributed by atoms with van der Waals surface area (Å²) in [7, 11) is 0.